The molecule has 1 saturated heterocycles. The maximum atomic E-state index is 13.0. The van der Waals surface area contributed by atoms with Crippen LogP contribution in [0.25, 0.3) is 0 Å². The van der Waals surface area contributed by atoms with E-state index in [1.165, 1.54) is 0 Å². The van der Waals surface area contributed by atoms with Gasteiger partial charge in [-0.25, -0.2) is 0 Å². The van der Waals surface area contributed by atoms with Gasteiger partial charge in [-0.15, -0.1) is 0 Å². The number of carbonyl (C=O) groups excluding carboxylic acids is 1. The van der Waals surface area contributed by atoms with Crippen molar-refractivity contribution in [3.8, 4) is 0 Å². The molecule has 1 fully saturated rings. The predicted octanol–water partition coefficient (Wildman–Crippen LogP) is 2.88. The van der Waals surface area contributed by atoms with Gasteiger partial charge in [0.15, 0.2) is 0 Å². The molecule has 1 aliphatic rings. The Labute approximate surface area is 128 Å². The van der Waals surface area contributed by atoms with Crippen molar-refractivity contribution in [2.45, 2.75) is 32.6 Å². The van der Waals surface area contributed by atoms with E-state index in [2.05, 4.69) is 36.2 Å². The summed E-state index contributed by atoms with van der Waals surface area (Å²) in [6, 6.07) is 10.3. The number of benzene rings is 1. The summed E-state index contributed by atoms with van der Waals surface area (Å²) in [6.45, 7) is 7.17. The third-order valence-corrected chi connectivity index (χ3v) is 4.73. The molecule has 21 heavy (non-hydrogen) atoms. The minimum atomic E-state index is 0.00420. The van der Waals surface area contributed by atoms with Crippen LogP contribution >= 0.6 is 0 Å². The van der Waals surface area contributed by atoms with E-state index in [4.69, 9.17) is 0 Å². The fourth-order valence-electron chi connectivity index (χ4n) is 3.30. The van der Waals surface area contributed by atoms with E-state index in [1.54, 1.807) is 0 Å². The Hall–Kier alpha value is -1.35. The van der Waals surface area contributed by atoms with Gasteiger partial charge in [-0.1, -0.05) is 50.6 Å². The van der Waals surface area contributed by atoms with Crippen molar-refractivity contribution in [1.82, 2.24) is 10.2 Å². The van der Waals surface area contributed by atoms with Crippen LogP contribution in [0.4, 0.5) is 0 Å². The Morgan fingerprint density at radius 2 is 2.10 bits per heavy atom. The van der Waals surface area contributed by atoms with Crippen LogP contribution in [0, 0.1) is 11.8 Å². The number of hydrogen-bond acceptors (Lipinski definition) is 2. The second kappa shape index (κ2) is 7.60. The molecule has 2 rings (SSSR count). The van der Waals surface area contributed by atoms with Crippen molar-refractivity contribution in [1.29, 1.82) is 0 Å². The zero-order chi connectivity index (χ0) is 15.2. The first kappa shape index (κ1) is 16.0. The van der Waals surface area contributed by atoms with Crippen molar-refractivity contribution in [3.05, 3.63) is 35.9 Å². The van der Waals surface area contributed by atoms with E-state index < -0.39 is 0 Å². The Morgan fingerprint density at radius 3 is 2.71 bits per heavy atom. The molecule has 0 bridgehead atoms. The highest BCUT2D eigenvalue weighted by Gasteiger charge is 2.33. The molecule has 0 spiro atoms. The van der Waals surface area contributed by atoms with Gasteiger partial charge in [0.25, 0.3) is 0 Å². The lowest BCUT2D eigenvalue weighted by atomic mass is 9.84. The van der Waals surface area contributed by atoms with Gasteiger partial charge in [-0.3, -0.25) is 4.79 Å². The Bertz CT molecular complexity index is 446. The van der Waals surface area contributed by atoms with Crippen LogP contribution in [-0.4, -0.2) is 37.5 Å². The summed E-state index contributed by atoms with van der Waals surface area (Å²) < 4.78 is 0. The van der Waals surface area contributed by atoms with Crippen LogP contribution in [0.1, 0.15) is 38.2 Å². The maximum Gasteiger partial charge on any atom is 0.230 e. The van der Waals surface area contributed by atoms with Gasteiger partial charge in [-0.2, -0.15) is 0 Å². The van der Waals surface area contributed by atoms with Gasteiger partial charge in [0.05, 0.1) is 5.92 Å². The first-order valence-electron chi connectivity index (χ1n) is 8.15. The summed E-state index contributed by atoms with van der Waals surface area (Å²) in [5, 5.41) is 3.23. The predicted molar refractivity (Wildman–Crippen MR) is 87.3 cm³/mol. The van der Waals surface area contributed by atoms with E-state index in [0.717, 1.165) is 38.0 Å². The zero-order valence-corrected chi connectivity index (χ0v) is 13.5. The standard InChI is InChI=1S/C18H28N2O/c1-4-14(2)17(16-8-6-5-7-9-16)18(21)20-11-10-15(13-20)12-19-3/h5-9,14-15,17,19H,4,10-13H2,1-3H3. The third-order valence-electron chi connectivity index (χ3n) is 4.73. The first-order chi connectivity index (χ1) is 10.2. The van der Waals surface area contributed by atoms with E-state index >= 15 is 0 Å². The number of carbonyl (C=O) groups is 1. The summed E-state index contributed by atoms with van der Waals surface area (Å²) in [6.07, 6.45) is 2.15. The highest BCUT2D eigenvalue weighted by Crippen LogP contribution is 2.31. The molecular formula is C18H28N2O. The summed E-state index contributed by atoms with van der Waals surface area (Å²) in [7, 11) is 1.98. The summed E-state index contributed by atoms with van der Waals surface area (Å²) in [4.78, 5) is 15.1. The molecule has 3 heteroatoms. The van der Waals surface area contributed by atoms with Crippen molar-refractivity contribution in [2.75, 3.05) is 26.7 Å². The van der Waals surface area contributed by atoms with Crippen molar-refractivity contribution >= 4 is 5.91 Å². The van der Waals surface area contributed by atoms with Gasteiger partial charge < -0.3 is 10.2 Å². The van der Waals surface area contributed by atoms with Gasteiger partial charge in [-0.05, 0) is 37.4 Å². The fourth-order valence-corrected chi connectivity index (χ4v) is 3.30. The van der Waals surface area contributed by atoms with E-state index in [0.29, 0.717) is 17.7 Å². The molecule has 0 aliphatic carbocycles. The number of hydrogen-bond donors (Lipinski definition) is 1. The second-order valence-corrected chi connectivity index (χ2v) is 6.27. The highest BCUT2D eigenvalue weighted by molar-refractivity contribution is 5.84. The summed E-state index contributed by atoms with van der Waals surface area (Å²) >= 11 is 0. The molecule has 1 N–H and O–H groups in total. The summed E-state index contributed by atoms with van der Waals surface area (Å²) in [5.41, 5.74) is 1.16. The Morgan fingerprint density at radius 1 is 1.38 bits per heavy atom. The molecular weight excluding hydrogens is 260 g/mol. The van der Waals surface area contributed by atoms with Crippen LogP contribution in [0.5, 0.6) is 0 Å². The number of nitrogens with zero attached hydrogens (tertiary/aromatic N) is 1. The normalized spacial score (nSPS) is 21.3. The largest absolute Gasteiger partial charge is 0.342 e. The molecule has 1 amide bonds. The van der Waals surface area contributed by atoms with E-state index in [1.807, 2.05) is 25.2 Å². The minimum absolute atomic E-state index is 0.00420. The Balaban J connectivity index is 2.12. The lowest BCUT2D eigenvalue weighted by Crippen LogP contribution is -2.36. The van der Waals surface area contributed by atoms with E-state index in [-0.39, 0.29) is 5.92 Å². The number of nitrogens with one attached hydrogen (secondary N) is 1. The number of amides is 1. The third kappa shape index (κ3) is 3.85. The average Bonchev–Trinajstić information content (AvgIpc) is 2.97. The molecule has 3 atom stereocenters. The molecule has 0 radical (unpaired) electrons. The molecule has 3 nitrogen and oxygen atoms in total. The van der Waals surface area contributed by atoms with Gasteiger partial charge >= 0.3 is 0 Å². The monoisotopic (exact) mass is 288 g/mol. The van der Waals surface area contributed by atoms with Crippen LogP contribution < -0.4 is 5.32 Å². The van der Waals surface area contributed by atoms with Crippen LogP contribution in [0.15, 0.2) is 30.3 Å². The molecule has 1 aromatic rings. The zero-order valence-electron chi connectivity index (χ0n) is 13.5. The Kier molecular flexibility index (Phi) is 5.80. The smallest absolute Gasteiger partial charge is 0.230 e. The first-order valence-corrected chi connectivity index (χ1v) is 8.15. The lowest BCUT2D eigenvalue weighted by Gasteiger charge is -2.28. The quantitative estimate of drug-likeness (QED) is 0.873. The SMILES string of the molecule is CCC(C)C(C(=O)N1CCC(CNC)C1)c1ccccc1. The van der Waals surface area contributed by atoms with Gasteiger partial charge in [0.2, 0.25) is 5.91 Å². The average molecular weight is 288 g/mol. The number of likely N-dealkylation sites (tertiary alicyclic amines) is 1. The van der Waals surface area contributed by atoms with Gasteiger partial charge in [0, 0.05) is 13.1 Å². The molecule has 1 aliphatic heterocycles. The van der Waals surface area contributed by atoms with Crippen molar-refractivity contribution in [3.63, 3.8) is 0 Å². The van der Waals surface area contributed by atoms with Crippen LogP contribution in [0.2, 0.25) is 0 Å². The number of rotatable bonds is 6. The van der Waals surface area contributed by atoms with Crippen molar-refractivity contribution < 1.29 is 4.79 Å². The van der Waals surface area contributed by atoms with E-state index in [9.17, 15) is 4.79 Å². The van der Waals surface area contributed by atoms with Crippen LogP contribution in [-0.2, 0) is 4.79 Å². The molecule has 116 valence electrons. The maximum absolute atomic E-state index is 13.0. The molecule has 1 aromatic carbocycles. The van der Waals surface area contributed by atoms with Gasteiger partial charge in [0.1, 0.15) is 0 Å². The molecule has 1 heterocycles. The molecule has 3 unspecified atom stereocenters. The minimum Gasteiger partial charge on any atom is -0.342 e. The molecule has 0 aromatic heterocycles. The molecule has 0 saturated carbocycles. The topological polar surface area (TPSA) is 32.3 Å². The van der Waals surface area contributed by atoms with Crippen LogP contribution in [0.3, 0.4) is 0 Å². The summed E-state index contributed by atoms with van der Waals surface area (Å²) in [5.74, 6) is 1.30. The lowest BCUT2D eigenvalue weighted by molar-refractivity contribution is -0.133. The fraction of sp³-hybridized carbons (Fsp3) is 0.611. The highest BCUT2D eigenvalue weighted by atomic mass is 16.2. The van der Waals surface area contributed by atoms with Crippen molar-refractivity contribution in [2.24, 2.45) is 11.8 Å². The second-order valence-electron chi connectivity index (χ2n) is 6.27.